The predicted octanol–water partition coefficient (Wildman–Crippen LogP) is -0.165. The zero-order valence-corrected chi connectivity index (χ0v) is 6.57. The van der Waals surface area contributed by atoms with Crippen LogP contribution < -0.4 is 10.0 Å². The van der Waals surface area contributed by atoms with Crippen molar-refractivity contribution in [2.45, 2.75) is 19.8 Å². The number of hydrogen-bond donors (Lipinski definition) is 1. The summed E-state index contributed by atoms with van der Waals surface area (Å²) >= 11 is 0. The van der Waals surface area contributed by atoms with Gasteiger partial charge < -0.3 is 0 Å². The van der Waals surface area contributed by atoms with Gasteiger partial charge in [-0.1, -0.05) is 18.2 Å². The van der Waals surface area contributed by atoms with Gasteiger partial charge in [0.2, 0.25) is 0 Å². The molecule has 5 nitrogen and oxygen atoms in total. The van der Waals surface area contributed by atoms with Crippen LogP contribution in [0.3, 0.4) is 0 Å². The van der Waals surface area contributed by atoms with Gasteiger partial charge in [0, 0.05) is 0 Å². The lowest BCUT2D eigenvalue weighted by Gasteiger charge is -1.99. The molecule has 0 bridgehead atoms. The normalized spacial score (nSPS) is 11.8. The fraction of sp³-hybridized carbons (Fsp3) is 1.00. The fourth-order valence-corrected chi connectivity index (χ4v) is 0.574. The van der Waals surface area contributed by atoms with Crippen LogP contribution in [0, 0.1) is 0 Å². The topological polar surface area (TPSA) is 79.2 Å². The summed E-state index contributed by atoms with van der Waals surface area (Å²) in [7, 11) is -3.93. The Labute approximate surface area is 60.7 Å². The minimum absolute atomic E-state index is 0.314. The molecule has 0 spiro atoms. The molecule has 0 saturated heterocycles. The molecule has 0 aliphatic carbocycles. The molecule has 61 valence electrons. The molecule has 0 aromatic carbocycles. The largest absolute Gasteiger partial charge is 0.312 e. The number of nitrogens with one attached hydrogen (secondary N) is 2. The molecule has 2 N–H and O–H groups in total. The number of rotatable bonds is 5. The third-order valence-corrected chi connectivity index (χ3v) is 1.11. The van der Waals surface area contributed by atoms with Gasteiger partial charge in [0.05, 0.1) is 6.61 Å². The first-order valence-corrected chi connectivity index (χ1v) is 4.42. The van der Waals surface area contributed by atoms with Crippen molar-refractivity contribution in [3.8, 4) is 0 Å². The number of unbranched alkanes of at least 4 members (excludes halogenated alkanes) is 1. The number of hydrogen-bond acceptors (Lipinski definition) is 3. The standard InChI is InChI=1S/C4H11N2O3S/c1-2-3-4-9-6-10(5,7)8/h5-6H,2-4H2,1H3. The first kappa shape index (κ1) is 9.83. The Hall–Kier alpha value is -0.170. The molecule has 10 heavy (non-hydrogen) atoms. The average molecular weight is 167 g/mol. The van der Waals surface area contributed by atoms with E-state index in [-0.39, 0.29) is 0 Å². The van der Waals surface area contributed by atoms with Crippen molar-refractivity contribution in [2.75, 3.05) is 6.61 Å². The van der Waals surface area contributed by atoms with Crippen LogP contribution in [0.1, 0.15) is 19.8 Å². The Morgan fingerprint density at radius 3 is 2.60 bits per heavy atom. The molecule has 0 aliphatic heterocycles. The van der Waals surface area contributed by atoms with Gasteiger partial charge in [-0.15, -0.1) is 5.14 Å². The van der Waals surface area contributed by atoms with E-state index in [0.717, 1.165) is 12.8 Å². The molecule has 0 aromatic rings. The molecular weight excluding hydrogens is 156 g/mol. The molecule has 1 radical (unpaired) electrons. The Morgan fingerprint density at radius 1 is 1.60 bits per heavy atom. The van der Waals surface area contributed by atoms with E-state index >= 15 is 0 Å². The second-order valence-corrected chi connectivity index (χ2v) is 2.96. The maximum absolute atomic E-state index is 10.0. The van der Waals surface area contributed by atoms with Crippen molar-refractivity contribution in [3.63, 3.8) is 0 Å². The minimum Gasteiger partial charge on any atom is -0.286 e. The molecule has 0 unspecified atom stereocenters. The SMILES string of the molecule is CCCCONS([NH])(=O)=O. The predicted molar refractivity (Wildman–Crippen MR) is 36.0 cm³/mol. The molecule has 0 aliphatic rings. The highest BCUT2D eigenvalue weighted by atomic mass is 32.2. The third-order valence-electron chi connectivity index (χ3n) is 0.769. The summed E-state index contributed by atoms with van der Waals surface area (Å²) < 4.78 is 20.0. The molecule has 0 atom stereocenters. The Bertz CT molecular complexity index is 165. The van der Waals surface area contributed by atoms with E-state index < -0.39 is 10.2 Å². The van der Waals surface area contributed by atoms with E-state index in [9.17, 15) is 8.42 Å². The van der Waals surface area contributed by atoms with Crippen molar-refractivity contribution in [3.05, 3.63) is 0 Å². The summed E-state index contributed by atoms with van der Waals surface area (Å²) in [6.45, 7) is 2.27. The fourth-order valence-electron chi connectivity index (χ4n) is 0.336. The van der Waals surface area contributed by atoms with Crippen LogP contribution in [0.2, 0.25) is 0 Å². The molecule has 0 aromatic heterocycles. The zero-order valence-electron chi connectivity index (χ0n) is 5.75. The highest BCUT2D eigenvalue weighted by Crippen LogP contribution is 1.85. The first-order valence-electron chi connectivity index (χ1n) is 2.94. The van der Waals surface area contributed by atoms with E-state index in [1.165, 1.54) is 0 Å². The molecular formula is C4H11N2O3S. The van der Waals surface area contributed by atoms with Gasteiger partial charge in [-0.2, -0.15) is 8.42 Å². The van der Waals surface area contributed by atoms with Gasteiger partial charge >= 0.3 is 10.2 Å². The van der Waals surface area contributed by atoms with Crippen molar-refractivity contribution >= 4 is 10.2 Å². The van der Waals surface area contributed by atoms with Crippen LogP contribution >= 0.6 is 0 Å². The Balaban J connectivity index is 3.21. The van der Waals surface area contributed by atoms with Gasteiger partial charge in [0.25, 0.3) is 0 Å². The van der Waals surface area contributed by atoms with Crippen LogP contribution in [0.15, 0.2) is 0 Å². The highest BCUT2D eigenvalue weighted by Gasteiger charge is 1.99. The Morgan fingerprint density at radius 2 is 2.20 bits per heavy atom. The zero-order chi connectivity index (χ0) is 8.04. The van der Waals surface area contributed by atoms with Gasteiger partial charge in [0.1, 0.15) is 0 Å². The Kier molecular flexibility index (Phi) is 4.54. The van der Waals surface area contributed by atoms with Crippen LogP contribution in [0.25, 0.3) is 0 Å². The van der Waals surface area contributed by atoms with Crippen LogP contribution in [0.4, 0.5) is 0 Å². The van der Waals surface area contributed by atoms with Crippen LogP contribution in [-0.2, 0) is 15.0 Å². The van der Waals surface area contributed by atoms with E-state index in [1.54, 1.807) is 4.89 Å². The van der Waals surface area contributed by atoms with Crippen LogP contribution in [-0.4, -0.2) is 15.0 Å². The molecule has 0 rings (SSSR count). The van der Waals surface area contributed by atoms with Crippen molar-refractivity contribution in [1.29, 1.82) is 0 Å². The van der Waals surface area contributed by atoms with E-state index in [0.29, 0.717) is 6.61 Å². The highest BCUT2D eigenvalue weighted by molar-refractivity contribution is 7.86. The monoisotopic (exact) mass is 167 g/mol. The van der Waals surface area contributed by atoms with Crippen LogP contribution in [0.5, 0.6) is 0 Å². The van der Waals surface area contributed by atoms with E-state index in [1.807, 2.05) is 6.92 Å². The summed E-state index contributed by atoms with van der Waals surface area (Å²) in [5.74, 6) is 0. The quantitative estimate of drug-likeness (QED) is 0.456. The van der Waals surface area contributed by atoms with Gasteiger partial charge in [-0.3, -0.25) is 4.84 Å². The van der Waals surface area contributed by atoms with Gasteiger partial charge in [-0.05, 0) is 6.42 Å². The van der Waals surface area contributed by atoms with Crippen molar-refractivity contribution in [2.24, 2.45) is 0 Å². The smallest absolute Gasteiger partial charge is 0.286 e. The first-order chi connectivity index (χ1) is 4.56. The summed E-state index contributed by atoms with van der Waals surface area (Å²) in [5, 5.41) is 6.30. The second kappa shape index (κ2) is 4.62. The molecule has 0 saturated carbocycles. The molecule has 0 fully saturated rings. The average Bonchev–Trinajstić information content (AvgIpc) is 1.78. The van der Waals surface area contributed by atoms with E-state index in [2.05, 4.69) is 4.84 Å². The van der Waals surface area contributed by atoms with Crippen molar-refractivity contribution < 1.29 is 13.3 Å². The van der Waals surface area contributed by atoms with E-state index in [4.69, 9.17) is 5.14 Å². The lowest BCUT2D eigenvalue weighted by atomic mass is 10.4. The lowest BCUT2D eigenvalue weighted by Crippen LogP contribution is -2.24. The summed E-state index contributed by atoms with van der Waals surface area (Å²) in [4.78, 5) is 6.01. The third kappa shape index (κ3) is 7.83. The lowest BCUT2D eigenvalue weighted by molar-refractivity contribution is 0.0906. The minimum atomic E-state index is -3.93. The molecule has 0 amide bonds. The molecule has 6 heteroatoms. The maximum atomic E-state index is 10.0. The molecule has 0 heterocycles. The summed E-state index contributed by atoms with van der Waals surface area (Å²) in [5.41, 5.74) is 0. The van der Waals surface area contributed by atoms with Gasteiger partial charge in [0.15, 0.2) is 0 Å². The summed E-state index contributed by atoms with van der Waals surface area (Å²) in [6.07, 6.45) is 1.71. The second-order valence-electron chi connectivity index (χ2n) is 1.79. The van der Waals surface area contributed by atoms with Gasteiger partial charge in [-0.25, -0.2) is 0 Å². The van der Waals surface area contributed by atoms with Crippen molar-refractivity contribution in [1.82, 2.24) is 10.0 Å². The maximum Gasteiger partial charge on any atom is 0.312 e. The summed E-state index contributed by atoms with van der Waals surface area (Å²) in [6, 6.07) is 0.